The molecule has 6 nitrogen and oxygen atoms in total. The van der Waals surface area contributed by atoms with Crippen LogP contribution >= 0.6 is 0 Å². The van der Waals surface area contributed by atoms with Crippen LogP contribution in [-0.4, -0.2) is 51.0 Å². The molecule has 1 N–H and O–H groups in total. The Kier molecular flexibility index (Phi) is 6.37. The van der Waals surface area contributed by atoms with Gasteiger partial charge in [-0.2, -0.15) is 4.31 Å². The quantitative estimate of drug-likeness (QED) is 0.847. The topological polar surface area (TPSA) is 75.7 Å². The van der Waals surface area contributed by atoms with E-state index in [-0.39, 0.29) is 16.8 Å². The third-order valence-electron chi connectivity index (χ3n) is 4.16. The van der Waals surface area contributed by atoms with Gasteiger partial charge in [-0.1, -0.05) is 19.4 Å². The standard InChI is InChI=1S/C17H26N2O4S/c1-4-5-14(3)18-17(20)16-12-15(7-6-13(16)2)24(21,22)19-8-10-23-11-9-19/h6-7,12,14H,4-5,8-11H2,1-3H3,(H,18,20)/t14-/m1/s1. The maximum atomic E-state index is 12.7. The van der Waals surface area contributed by atoms with Crippen LogP contribution in [-0.2, 0) is 14.8 Å². The van der Waals surface area contributed by atoms with E-state index in [0.717, 1.165) is 18.4 Å². The largest absolute Gasteiger partial charge is 0.379 e. The van der Waals surface area contributed by atoms with Gasteiger partial charge in [0.2, 0.25) is 10.0 Å². The lowest BCUT2D eigenvalue weighted by Crippen LogP contribution is -2.40. The molecule has 1 aromatic carbocycles. The molecule has 1 aromatic rings. The molecule has 1 fully saturated rings. The molecule has 0 bridgehead atoms. The SMILES string of the molecule is CCC[C@@H](C)NC(=O)c1cc(S(=O)(=O)N2CCOCC2)ccc1C. The molecule has 1 saturated heterocycles. The highest BCUT2D eigenvalue weighted by molar-refractivity contribution is 7.89. The highest BCUT2D eigenvalue weighted by Gasteiger charge is 2.27. The zero-order valence-corrected chi connectivity index (χ0v) is 15.4. The lowest BCUT2D eigenvalue weighted by Gasteiger charge is -2.26. The van der Waals surface area contributed by atoms with Crippen LogP contribution in [0.4, 0.5) is 0 Å². The van der Waals surface area contributed by atoms with Gasteiger partial charge in [0.05, 0.1) is 18.1 Å². The zero-order chi connectivity index (χ0) is 17.7. The lowest BCUT2D eigenvalue weighted by molar-refractivity contribution is 0.0730. The van der Waals surface area contributed by atoms with Gasteiger partial charge in [-0.05, 0) is 38.0 Å². The Hall–Kier alpha value is -1.44. The van der Waals surface area contributed by atoms with E-state index in [9.17, 15) is 13.2 Å². The van der Waals surface area contributed by atoms with Crippen LogP contribution in [0.5, 0.6) is 0 Å². The van der Waals surface area contributed by atoms with Gasteiger partial charge in [-0.15, -0.1) is 0 Å². The molecule has 0 spiro atoms. The summed E-state index contributed by atoms with van der Waals surface area (Å²) < 4.78 is 32.1. The first-order valence-corrected chi connectivity index (χ1v) is 9.79. The van der Waals surface area contributed by atoms with E-state index in [1.807, 2.05) is 13.8 Å². The summed E-state index contributed by atoms with van der Waals surface area (Å²) in [6.45, 7) is 7.29. The molecule has 2 rings (SSSR count). The van der Waals surface area contributed by atoms with Gasteiger partial charge in [0.1, 0.15) is 0 Å². The van der Waals surface area contributed by atoms with Crippen molar-refractivity contribution < 1.29 is 17.9 Å². The predicted molar refractivity (Wildman–Crippen MR) is 92.6 cm³/mol. The van der Waals surface area contributed by atoms with Gasteiger partial charge in [0.25, 0.3) is 5.91 Å². The van der Waals surface area contributed by atoms with Crippen molar-refractivity contribution in [3.05, 3.63) is 29.3 Å². The third kappa shape index (κ3) is 4.34. The van der Waals surface area contributed by atoms with Crippen molar-refractivity contribution in [1.82, 2.24) is 9.62 Å². The van der Waals surface area contributed by atoms with Crippen molar-refractivity contribution >= 4 is 15.9 Å². The summed E-state index contributed by atoms with van der Waals surface area (Å²) in [7, 11) is -3.60. The van der Waals surface area contributed by atoms with Crippen molar-refractivity contribution in [3.63, 3.8) is 0 Å². The molecule has 0 saturated carbocycles. The summed E-state index contributed by atoms with van der Waals surface area (Å²) in [5.41, 5.74) is 1.17. The van der Waals surface area contributed by atoms with Crippen LogP contribution in [0.2, 0.25) is 0 Å². The number of hydrogen-bond acceptors (Lipinski definition) is 4. The van der Waals surface area contributed by atoms with E-state index in [1.54, 1.807) is 12.1 Å². The van der Waals surface area contributed by atoms with Crippen LogP contribution in [0, 0.1) is 6.92 Å². The first kappa shape index (κ1) is 18.9. The Labute approximate surface area is 144 Å². The minimum absolute atomic E-state index is 0.0569. The summed E-state index contributed by atoms with van der Waals surface area (Å²) in [6, 6.07) is 4.79. The Morgan fingerprint density at radius 2 is 2.00 bits per heavy atom. The molecule has 0 aliphatic carbocycles. The normalized spacial score (nSPS) is 17.5. The first-order chi connectivity index (χ1) is 11.4. The number of rotatable bonds is 6. The molecule has 1 atom stereocenters. The molecule has 1 aliphatic heterocycles. The number of nitrogens with zero attached hydrogens (tertiary/aromatic N) is 1. The Morgan fingerprint density at radius 3 is 2.62 bits per heavy atom. The van der Waals surface area contributed by atoms with E-state index in [2.05, 4.69) is 12.2 Å². The van der Waals surface area contributed by atoms with E-state index < -0.39 is 10.0 Å². The summed E-state index contributed by atoms with van der Waals surface area (Å²) in [5.74, 6) is -0.229. The van der Waals surface area contributed by atoms with E-state index in [4.69, 9.17) is 4.74 Å². The molecule has 134 valence electrons. The summed E-state index contributed by atoms with van der Waals surface area (Å²) in [6.07, 6.45) is 1.86. The number of amides is 1. The second kappa shape index (κ2) is 8.09. The number of morpholine rings is 1. The number of hydrogen-bond donors (Lipinski definition) is 1. The number of carbonyl (C=O) groups is 1. The number of benzene rings is 1. The van der Waals surface area contributed by atoms with Crippen LogP contribution in [0.15, 0.2) is 23.1 Å². The van der Waals surface area contributed by atoms with E-state index in [0.29, 0.717) is 31.9 Å². The fraction of sp³-hybridized carbons (Fsp3) is 0.588. The van der Waals surface area contributed by atoms with E-state index in [1.165, 1.54) is 10.4 Å². The molecule has 24 heavy (non-hydrogen) atoms. The maximum absolute atomic E-state index is 12.7. The van der Waals surface area contributed by atoms with Gasteiger partial charge in [0, 0.05) is 24.7 Å². The van der Waals surface area contributed by atoms with Gasteiger partial charge >= 0.3 is 0 Å². The van der Waals surface area contributed by atoms with Gasteiger partial charge in [-0.3, -0.25) is 4.79 Å². The highest BCUT2D eigenvalue weighted by Crippen LogP contribution is 2.20. The Morgan fingerprint density at radius 1 is 1.33 bits per heavy atom. The average Bonchev–Trinajstić information content (AvgIpc) is 2.56. The minimum Gasteiger partial charge on any atom is -0.379 e. The van der Waals surface area contributed by atoms with Crippen LogP contribution < -0.4 is 5.32 Å². The second-order valence-electron chi connectivity index (χ2n) is 6.16. The minimum atomic E-state index is -3.60. The molecular weight excluding hydrogens is 328 g/mol. The molecule has 1 heterocycles. The fourth-order valence-electron chi connectivity index (χ4n) is 2.75. The van der Waals surface area contributed by atoms with E-state index >= 15 is 0 Å². The smallest absolute Gasteiger partial charge is 0.251 e. The molecular formula is C17H26N2O4S. The molecule has 1 amide bonds. The molecule has 0 unspecified atom stereocenters. The predicted octanol–water partition coefficient (Wildman–Crippen LogP) is 1.93. The molecule has 0 aromatic heterocycles. The lowest BCUT2D eigenvalue weighted by atomic mass is 10.1. The van der Waals surface area contributed by atoms with Crippen molar-refractivity contribution in [2.75, 3.05) is 26.3 Å². The van der Waals surface area contributed by atoms with Gasteiger partial charge in [0.15, 0.2) is 0 Å². The highest BCUT2D eigenvalue weighted by atomic mass is 32.2. The zero-order valence-electron chi connectivity index (χ0n) is 14.5. The Balaban J connectivity index is 2.26. The molecule has 1 aliphatic rings. The third-order valence-corrected chi connectivity index (χ3v) is 6.06. The van der Waals surface area contributed by atoms with Crippen molar-refractivity contribution in [2.24, 2.45) is 0 Å². The van der Waals surface area contributed by atoms with Crippen LogP contribution in [0.25, 0.3) is 0 Å². The summed E-state index contributed by atoms with van der Waals surface area (Å²) >= 11 is 0. The maximum Gasteiger partial charge on any atom is 0.251 e. The number of carbonyl (C=O) groups excluding carboxylic acids is 1. The van der Waals surface area contributed by atoms with Gasteiger partial charge < -0.3 is 10.1 Å². The van der Waals surface area contributed by atoms with Crippen molar-refractivity contribution in [2.45, 2.75) is 44.6 Å². The fourth-order valence-corrected chi connectivity index (χ4v) is 4.18. The Bertz CT molecular complexity index is 682. The molecule has 0 radical (unpaired) electrons. The van der Waals surface area contributed by atoms with Crippen molar-refractivity contribution in [1.29, 1.82) is 0 Å². The summed E-state index contributed by atoms with van der Waals surface area (Å²) in [4.78, 5) is 12.6. The number of aryl methyl sites for hydroxylation is 1. The molecule has 7 heteroatoms. The number of nitrogens with one attached hydrogen (secondary N) is 1. The van der Waals surface area contributed by atoms with Crippen LogP contribution in [0.3, 0.4) is 0 Å². The first-order valence-electron chi connectivity index (χ1n) is 8.35. The number of ether oxygens (including phenoxy) is 1. The second-order valence-corrected chi connectivity index (χ2v) is 8.09. The average molecular weight is 354 g/mol. The number of sulfonamides is 1. The van der Waals surface area contributed by atoms with Crippen molar-refractivity contribution in [3.8, 4) is 0 Å². The monoisotopic (exact) mass is 354 g/mol. The van der Waals surface area contributed by atoms with Gasteiger partial charge in [-0.25, -0.2) is 8.42 Å². The van der Waals surface area contributed by atoms with Crippen LogP contribution in [0.1, 0.15) is 42.6 Å². The summed E-state index contributed by atoms with van der Waals surface area (Å²) in [5, 5.41) is 2.93.